The van der Waals surface area contributed by atoms with Gasteiger partial charge in [0.05, 0.1) is 5.39 Å². The van der Waals surface area contributed by atoms with E-state index in [0.29, 0.717) is 43.1 Å². The van der Waals surface area contributed by atoms with Crippen LogP contribution in [0.3, 0.4) is 0 Å². The third kappa shape index (κ3) is 4.71. The molecule has 4 rings (SSSR count). The molecule has 9 heteroatoms. The molecule has 0 atom stereocenters. The smallest absolute Gasteiger partial charge is 0.251 e. The normalized spacial score (nSPS) is 14.2. The van der Waals surface area contributed by atoms with Gasteiger partial charge in [0, 0.05) is 49.7 Å². The summed E-state index contributed by atoms with van der Waals surface area (Å²) in [5.74, 6) is 0.911. The predicted molar refractivity (Wildman–Crippen MR) is 119 cm³/mol. The van der Waals surface area contributed by atoms with Gasteiger partial charge >= 0.3 is 0 Å². The minimum atomic E-state index is -0.155. The first kappa shape index (κ1) is 20.6. The van der Waals surface area contributed by atoms with Crippen molar-refractivity contribution in [1.82, 2.24) is 20.2 Å². The molecule has 156 valence electrons. The SMILES string of the molecule is O=C(NCCCC(=O)N1CCN(c2ncnc3sccc23)CC1)c1ccc(Cl)cc1. The van der Waals surface area contributed by atoms with Gasteiger partial charge in [-0.2, -0.15) is 0 Å². The topological polar surface area (TPSA) is 78.4 Å². The third-order valence-electron chi connectivity index (χ3n) is 5.13. The number of benzene rings is 1. The molecule has 1 N–H and O–H groups in total. The van der Waals surface area contributed by atoms with Crippen LogP contribution in [-0.4, -0.2) is 59.4 Å². The Morgan fingerprint density at radius 3 is 2.60 bits per heavy atom. The number of amides is 2. The lowest BCUT2D eigenvalue weighted by Gasteiger charge is -2.35. The monoisotopic (exact) mass is 443 g/mol. The van der Waals surface area contributed by atoms with Crippen molar-refractivity contribution in [2.24, 2.45) is 0 Å². The fourth-order valence-corrected chi connectivity index (χ4v) is 4.35. The maximum Gasteiger partial charge on any atom is 0.251 e. The third-order valence-corrected chi connectivity index (χ3v) is 6.20. The van der Waals surface area contributed by atoms with Gasteiger partial charge in [0.2, 0.25) is 5.91 Å². The van der Waals surface area contributed by atoms with Crippen molar-refractivity contribution in [3.63, 3.8) is 0 Å². The van der Waals surface area contributed by atoms with Crippen molar-refractivity contribution in [2.75, 3.05) is 37.6 Å². The second-order valence-electron chi connectivity index (χ2n) is 7.07. The van der Waals surface area contributed by atoms with Gasteiger partial charge in [0.15, 0.2) is 0 Å². The maximum absolute atomic E-state index is 12.5. The molecule has 1 saturated heterocycles. The van der Waals surface area contributed by atoms with E-state index >= 15 is 0 Å². The van der Waals surface area contributed by atoms with Crippen LogP contribution >= 0.6 is 22.9 Å². The number of thiophene rings is 1. The number of carbonyl (C=O) groups excluding carboxylic acids is 2. The summed E-state index contributed by atoms with van der Waals surface area (Å²) in [5, 5.41) is 6.53. The number of nitrogens with one attached hydrogen (secondary N) is 1. The molecule has 0 unspecified atom stereocenters. The molecule has 0 saturated carbocycles. The van der Waals surface area contributed by atoms with E-state index in [9.17, 15) is 9.59 Å². The number of fused-ring (bicyclic) bond motifs is 1. The van der Waals surface area contributed by atoms with Crippen LogP contribution in [-0.2, 0) is 4.79 Å². The minimum absolute atomic E-state index is 0.124. The molecule has 7 nitrogen and oxygen atoms in total. The van der Waals surface area contributed by atoms with Crippen LogP contribution in [0, 0.1) is 0 Å². The number of rotatable bonds is 6. The van der Waals surface area contributed by atoms with E-state index in [1.54, 1.807) is 41.9 Å². The Bertz CT molecular complexity index is 1030. The molecule has 2 amide bonds. The summed E-state index contributed by atoms with van der Waals surface area (Å²) in [5.41, 5.74) is 0.561. The first-order valence-electron chi connectivity index (χ1n) is 9.86. The van der Waals surface area contributed by atoms with Crippen LogP contribution in [0.25, 0.3) is 10.2 Å². The fraction of sp³-hybridized carbons (Fsp3) is 0.333. The minimum Gasteiger partial charge on any atom is -0.352 e. The van der Waals surface area contributed by atoms with Crippen molar-refractivity contribution in [3.05, 3.63) is 52.6 Å². The Labute approximate surface area is 183 Å². The van der Waals surface area contributed by atoms with Crippen molar-refractivity contribution < 1.29 is 9.59 Å². The highest BCUT2D eigenvalue weighted by atomic mass is 35.5. The molecule has 30 heavy (non-hydrogen) atoms. The molecule has 1 aromatic carbocycles. The van der Waals surface area contributed by atoms with Crippen LogP contribution in [0.4, 0.5) is 5.82 Å². The number of aromatic nitrogens is 2. The highest BCUT2D eigenvalue weighted by Gasteiger charge is 2.23. The van der Waals surface area contributed by atoms with E-state index in [1.807, 2.05) is 16.3 Å². The molecular formula is C21H22ClN5O2S. The first-order chi connectivity index (χ1) is 14.6. The molecule has 0 spiro atoms. The summed E-state index contributed by atoms with van der Waals surface area (Å²) in [6.07, 6.45) is 2.63. The van der Waals surface area contributed by atoms with E-state index in [1.165, 1.54) is 0 Å². The molecule has 3 aromatic rings. The molecule has 1 aliphatic rings. The van der Waals surface area contributed by atoms with E-state index in [2.05, 4.69) is 20.2 Å². The average molecular weight is 444 g/mol. The molecule has 1 fully saturated rings. The standard InChI is InChI=1S/C21H22ClN5O2S/c22-16-5-3-15(4-6-16)20(29)23-8-1-2-18(28)26-9-11-27(12-10-26)19-17-7-13-30-21(17)25-14-24-19/h3-7,13-14H,1-2,8-12H2,(H,23,29). The largest absolute Gasteiger partial charge is 0.352 e. The number of piperazine rings is 1. The zero-order valence-electron chi connectivity index (χ0n) is 16.4. The quantitative estimate of drug-likeness (QED) is 0.592. The summed E-state index contributed by atoms with van der Waals surface area (Å²) in [6, 6.07) is 8.79. The lowest BCUT2D eigenvalue weighted by atomic mass is 10.2. The molecule has 0 bridgehead atoms. The van der Waals surface area contributed by atoms with Crippen molar-refractivity contribution in [3.8, 4) is 0 Å². The van der Waals surface area contributed by atoms with Gasteiger partial charge < -0.3 is 15.1 Å². The number of hydrogen-bond donors (Lipinski definition) is 1. The summed E-state index contributed by atoms with van der Waals surface area (Å²) in [6.45, 7) is 3.31. The number of carbonyl (C=O) groups is 2. The van der Waals surface area contributed by atoms with E-state index in [0.717, 1.165) is 29.1 Å². The second kappa shape index (κ2) is 9.40. The highest BCUT2D eigenvalue weighted by Crippen LogP contribution is 2.27. The lowest BCUT2D eigenvalue weighted by Crippen LogP contribution is -2.49. The van der Waals surface area contributed by atoms with Crippen LogP contribution < -0.4 is 10.2 Å². The lowest BCUT2D eigenvalue weighted by molar-refractivity contribution is -0.131. The number of nitrogens with zero attached hydrogens (tertiary/aromatic N) is 4. The Balaban J connectivity index is 1.20. The second-order valence-corrected chi connectivity index (χ2v) is 8.40. The van der Waals surface area contributed by atoms with Crippen molar-refractivity contribution in [2.45, 2.75) is 12.8 Å². The summed E-state index contributed by atoms with van der Waals surface area (Å²) in [7, 11) is 0. The molecule has 0 radical (unpaired) electrons. The van der Waals surface area contributed by atoms with Crippen LogP contribution in [0.15, 0.2) is 42.0 Å². The van der Waals surface area contributed by atoms with E-state index in [-0.39, 0.29) is 11.8 Å². The summed E-state index contributed by atoms with van der Waals surface area (Å²) >= 11 is 7.44. The summed E-state index contributed by atoms with van der Waals surface area (Å²) in [4.78, 5) is 38.4. The molecular weight excluding hydrogens is 422 g/mol. The van der Waals surface area contributed by atoms with Gasteiger partial charge in [0.25, 0.3) is 5.91 Å². The predicted octanol–water partition coefficient (Wildman–Crippen LogP) is 3.20. The van der Waals surface area contributed by atoms with Crippen LogP contribution in [0.5, 0.6) is 0 Å². The maximum atomic E-state index is 12.5. The van der Waals surface area contributed by atoms with Gasteiger partial charge in [-0.05, 0) is 42.1 Å². The Morgan fingerprint density at radius 2 is 1.83 bits per heavy atom. The molecule has 1 aliphatic heterocycles. The Morgan fingerprint density at radius 1 is 1.07 bits per heavy atom. The van der Waals surface area contributed by atoms with Gasteiger partial charge in [-0.3, -0.25) is 9.59 Å². The fourth-order valence-electron chi connectivity index (χ4n) is 3.50. The Hall–Kier alpha value is -2.71. The molecule has 2 aromatic heterocycles. The zero-order chi connectivity index (χ0) is 20.9. The molecule has 3 heterocycles. The van der Waals surface area contributed by atoms with Gasteiger partial charge in [0.1, 0.15) is 17.0 Å². The highest BCUT2D eigenvalue weighted by molar-refractivity contribution is 7.16. The summed E-state index contributed by atoms with van der Waals surface area (Å²) < 4.78 is 0. The first-order valence-corrected chi connectivity index (χ1v) is 11.1. The number of hydrogen-bond acceptors (Lipinski definition) is 6. The van der Waals surface area contributed by atoms with E-state index in [4.69, 9.17) is 11.6 Å². The van der Waals surface area contributed by atoms with Crippen molar-refractivity contribution >= 4 is 50.8 Å². The van der Waals surface area contributed by atoms with Crippen LogP contribution in [0.1, 0.15) is 23.2 Å². The van der Waals surface area contributed by atoms with E-state index < -0.39 is 0 Å². The van der Waals surface area contributed by atoms with Gasteiger partial charge in [-0.1, -0.05) is 11.6 Å². The average Bonchev–Trinajstić information content (AvgIpc) is 3.26. The van der Waals surface area contributed by atoms with Gasteiger partial charge in [-0.15, -0.1) is 11.3 Å². The van der Waals surface area contributed by atoms with Crippen LogP contribution in [0.2, 0.25) is 5.02 Å². The number of halogens is 1. The van der Waals surface area contributed by atoms with Gasteiger partial charge in [-0.25, -0.2) is 9.97 Å². The molecule has 0 aliphatic carbocycles. The number of anilines is 1. The Kier molecular flexibility index (Phi) is 6.44. The zero-order valence-corrected chi connectivity index (χ0v) is 18.0. The van der Waals surface area contributed by atoms with Crippen molar-refractivity contribution in [1.29, 1.82) is 0 Å².